The molecule has 0 bridgehead atoms. The molecule has 1 fully saturated rings. The van der Waals surface area contributed by atoms with Crippen molar-refractivity contribution >= 4 is 0 Å². The first-order valence-corrected chi connectivity index (χ1v) is 9.04. The fraction of sp³-hybridized carbons (Fsp3) is 0.700. The standard InChI is InChI=1S/C20H33NO3/c1-14(2)10-16-13-21-9-8-15(3)11-20(24-5)19(23-4)7-6-17(21)12-18(16)22/h6-7,11,14,16-18,22H,8-10,12-13H2,1-5H3/b7-6+,15-11+,20-19-/t16-,17?,18?/m1/s1. The van der Waals surface area contributed by atoms with Crippen LogP contribution in [0, 0.1) is 11.8 Å². The third kappa shape index (κ3) is 4.87. The number of hydrogen-bond acceptors (Lipinski definition) is 4. The van der Waals surface area contributed by atoms with E-state index in [2.05, 4.69) is 37.8 Å². The van der Waals surface area contributed by atoms with Gasteiger partial charge in [0.05, 0.1) is 20.3 Å². The van der Waals surface area contributed by atoms with E-state index < -0.39 is 0 Å². The molecule has 0 aromatic heterocycles. The van der Waals surface area contributed by atoms with E-state index in [1.54, 1.807) is 14.2 Å². The molecule has 2 aliphatic heterocycles. The Morgan fingerprint density at radius 1 is 1.25 bits per heavy atom. The molecule has 24 heavy (non-hydrogen) atoms. The van der Waals surface area contributed by atoms with Crippen LogP contribution in [0.15, 0.2) is 35.3 Å². The Morgan fingerprint density at radius 2 is 1.96 bits per heavy atom. The Kier molecular flexibility index (Phi) is 6.93. The maximum atomic E-state index is 10.6. The zero-order chi connectivity index (χ0) is 17.7. The molecule has 0 radical (unpaired) electrons. The average Bonchev–Trinajstić information content (AvgIpc) is 2.54. The largest absolute Gasteiger partial charge is 0.493 e. The van der Waals surface area contributed by atoms with Crippen LogP contribution in [0.4, 0.5) is 0 Å². The van der Waals surface area contributed by atoms with Crippen molar-refractivity contribution in [3.63, 3.8) is 0 Å². The number of fused-ring (bicyclic) bond motifs is 1. The van der Waals surface area contributed by atoms with Crippen LogP contribution in [0.3, 0.4) is 0 Å². The van der Waals surface area contributed by atoms with Gasteiger partial charge in [0, 0.05) is 19.1 Å². The molecular weight excluding hydrogens is 302 g/mol. The molecule has 0 aromatic carbocycles. The monoisotopic (exact) mass is 335 g/mol. The van der Waals surface area contributed by atoms with E-state index in [0.717, 1.165) is 43.9 Å². The minimum atomic E-state index is -0.227. The topological polar surface area (TPSA) is 41.9 Å². The highest BCUT2D eigenvalue weighted by atomic mass is 16.5. The van der Waals surface area contributed by atoms with Gasteiger partial charge in [-0.2, -0.15) is 0 Å². The third-order valence-electron chi connectivity index (χ3n) is 5.06. The lowest BCUT2D eigenvalue weighted by atomic mass is 9.84. The van der Waals surface area contributed by atoms with E-state index in [1.165, 1.54) is 5.57 Å². The number of allylic oxidation sites excluding steroid dienone is 2. The highest BCUT2D eigenvalue weighted by molar-refractivity contribution is 5.28. The maximum absolute atomic E-state index is 10.6. The predicted octanol–water partition coefficient (Wildman–Crippen LogP) is 3.49. The van der Waals surface area contributed by atoms with Crippen molar-refractivity contribution in [2.24, 2.45) is 11.8 Å². The molecule has 2 rings (SSSR count). The molecule has 0 aromatic rings. The van der Waals surface area contributed by atoms with Gasteiger partial charge in [-0.3, -0.25) is 4.90 Å². The van der Waals surface area contributed by atoms with E-state index in [9.17, 15) is 5.11 Å². The number of aliphatic hydroxyl groups excluding tert-OH is 1. The van der Waals surface area contributed by atoms with Crippen LogP contribution in [0.2, 0.25) is 0 Å². The van der Waals surface area contributed by atoms with Crippen LogP contribution in [-0.4, -0.2) is 49.5 Å². The highest BCUT2D eigenvalue weighted by Gasteiger charge is 2.33. The molecule has 0 saturated carbocycles. The van der Waals surface area contributed by atoms with Crippen molar-refractivity contribution in [1.29, 1.82) is 0 Å². The Hall–Kier alpha value is -1.26. The van der Waals surface area contributed by atoms with Gasteiger partial charge in [0.25, 0.3) is 0 Å². The Morgan fingerprint density at radius 3 is 2.58 bits per heavy atom. The molecule has 0 amide bonds. The number of nitrogens with zero attached hydrogens (tertiary/aromatic N) is 1. The normalized spacial score (nSPS) is 35.8. The zero-order valence-electron chi connectivity index (χ0n) is 15.8. The second-order valence-electron chi connectivity index (χ2n) is 7.49. The van der Waals surface area contributed by atoms with Gasteiger partial charge in [0.1, 0.15) is 0 Å². The van der Waals surface area contributed by atoms with Crippen molar-refractivity contribution in [3.8, 4) is 0 Å². The van der Waals surface area contributed by atoms with Gasteiger partial charge < -0.3 is 14.6 Å². The van der Waals surface area contributed by atoms with E-state index >= 15 is 0 Å². The predicted molar refractivity (Wildman–Crippen MR) is 97.5 cm³/mol. The van der Waals surface area contributed by atoms with Crippen LogP contribution >= 0.6 is 0 Å². The smallest absolute Gasteiger partial charge is 0.160 e. The summed E-state index contributed by atoms with van der Waals surface area (Å²) in [6.07, 6.45) is 8.85. The van der Waals surface area contributed by atoms with Crippen molar-refractivity contribution in [1.82, 2.24) is 4.90 Å². The van der Waals surface area contributed by atoms with Gasteiger partial charge in [-0.25, -0.2) is 0 Å². The fourth-order valence-corrected chi connectivity index (χ4v) is 3.74. The molecule has 3 atom stereocenters. The number of piperidine rings is 1. The molecular formula is C20H33NO3. The first-order valence-electron chi connectivity index (χ1n) is 9.04. The molecule has 136 valence electrons. The second-order valence-corrected chi connectivity index (χ2v) is 7.49. The lowest BCUT2D eigenvalue weighted by Gasteiger charge is -2.42. The molecule has 4 heteroatoms. The van der Waals surface area contributed by atoms with Gasteiger partial charge >= 0.3 is 0 Å². The maximum Gasteiger partial charge on any atom is 0.160 e. The molecule has 0 spiro atoms. The van der Waals surface area contributed by atoms with E-state index in [1.807, 2.05) is 6.08 Å². The summed E-state index contributed by atoms with van der Waals surface area (Å²) in [5, 5.41) is 10.6. The lowest BCUT2D eigenvalue weighted by molar-refractivity contribution is -0.00132. The first-order chi connectivity index (χ1) is 11.4. The van der Waals surface area contributed by atoms with Crippen LogP contribution in [-0.2, 0) is 9.47 Å². The summed E-state index contributed by atoms with van der Waals surface area (Å²) in [5.74, 6) is 2.48. The minimum Gasteiger partial charge on any atom is -0.493 e. The number of ether oxygens (including phenoxy) is 2. The number of hydrogen-bond donors (Lipinski definition) is 1. The van der Waals surface area contributed by atoms with Crippen LogP contribution in [0.1, 0.15) is 40.0 Å². The Labute approximate surface area is 146 Å². The van der Waals surface area contributed by atoms with Crippen molar-refractivity contribution in [3.05, 3.63) is 35.3 Å². The van der Waals surface area contributed by atoms with Crippen molar-refractivity contribution in [2.75, 3.05) is 27.3 Å². The van der Waals surface area contributed by atoms with E-state index in [-0.39, 0.29) is 12.1 Å². The zero-order valence-corrected chi connectivity index (χ0v) is 15.8. The van der Waals surface area contributed by atoms with Crippen LogP contribution < -0.4 is 0 Å². The molecule has 2 heterocycles. The lowest BCUT2D eigenvalue weighted by Crippen LogP contribution is -2.49. The van der Waals surface area contributed by atoms with Crippen LogP contribution in [0.5, 0.6) is 0 Å². The summed E-state index contributed by atoms with van der Waals surface area (Å²) in [4.78, 5) is 2.51. The SMILES string of the molecule is COC1=C(OC)/C=C(\C)CCN2C[C@@H](CC(C)C)C(O)CC2\C=C\1. The van der Waals surface area contributed by atoms with Gasteiger partial charge in [-0.05, 0) is 50.2 Å². The number of aliphatic hydroxyl groups is 1. The quantitative estimate of drug-likeness (QED) is 0.854. The Bertz CT molecular complexity index is 507. The summed E-state index contributed by atoms with van der Waals surface area (Å²) < 4.78 is 11.0. The van der Waals surface area contributed by atoms with Gasteiger partial charge in [0.15, 0.2) is 11.5 Å². The summed E-state index contributed by atoms with van der Waals surface area (Å²) in [6, 6.07) is 0.248. The van der Waals surface area contributed by atoms with Crippen LogP contribution in [0.25, 0.3) is 0 Å². The molecule has 0 aliphatic carbocycles. The van der Waals surface area contributed by atoms with Gasteiger partial charge in [-0.1, -0.05) is 25.5 Å². The van der Waals surface area contributed by atoms with Gasteiger partial charge in [-0.15, -0.1) is 0 Å². The Balaban J connectivity index is 2.24. The molecule has 1 N–H and O–H groups in total. The fourth-order valence-electron chi connectivity index (χ4n) is 3.74. The number of methoxy groups -OCH3 is 2. The molecule has 2 unspecified atom stereocenters. The minimum absolute atomic E-state index is 0.227. The summed E-state index contributed by atoms with van der Waals surface area (Å²) in [7, 11) is 3.34. The third-order valence-corrected chi connectivity index (χ3v) is 5.06. The van der Waals surface area contributed by atoms with E-state index in [0.29, 0.717) is 11.8 Å². The van der Waals surface area contributed by atoms with E-state index in [4.69, 9.17) is 9.47 Å². The van der Waals surface area contributed by atoms with Crippen molar-refractivity contribution in [2.45, 2.75) is 52.2 Å². The number of rotatable bonds is 4. The second kappa shape index (κ2) is 8.72. The molecule has 1 saturated heterocycles. The highest BCUT2D eigenvalue weighted by Crippen LogP contribution is 2.29. The van der Waals surface area contributed by atoms with Gasteiger partial charge in [0.2, 0.25) is 0 Å². The summed E-state index contributed by atoms with van der Waals surface area (Å²) in [5.41, 5.74) is 1.28. The first kappa shape index (κ1) is 19.1. The average molecular weight is 335 g/mol. The molecule has 4 nitrogen and oxygen atoms in total. The summed E-state index contributed by atoms with van der Waals surface area (Å²) >= 11 is 0. The van der Waals surface area contributed by atoms with Crippen molar-refractivity contribution < 1.29 is 14.6 Å². The molecule has 2 aliphatic rings. The summed E-state index contributed by atoms with van der Waals surface area (Å²) in [6.45, 7) is 8.58.